The Morgan fingerprint density at radius 2 is 2.47 bits per heavy atom. The highest BCUT2D eigenvalue weighted by molar-refractivity contribution is 9.10. The fourth-order valence-electron chi connectivity index (χ4n) is 1.00. The van der Waals surface area contributed by atoms with E-state index in [4.69, 9.17) is 10.5 Å². The summed E-state index contributed by atoms with van der Waals surface area (Å²) >= 11 is 3.21. The number of anilines is 1. The maximum absolute atomic E-state index is 11.3. The van der Waals surface area contributed by atoms with Crippen LogP contribution in [0.4, 0.5) is 5.82 Å². The third-order valence-electron chi connectivity index (χ3n) is 1.80. The maximum atomic E-state index is 11.3. The van der Waals surface area contributed by atoms with Gasteiger partial charge in [-0.3, -0.25) is 9.48 Å². The van der Waals surface area contributed by atoms with Gasteiger partial charge in [0.05, 0.1) is 11.1 Å². The highest BCUT2D eigenvalue weighted by Gasteiger charge is 2.07. The predicted octanol–water partition coefficient (Wildman–Crippen LogP) is 1.57. The molecule has 0 aliphatic rings. The fourth-order valence-corrected chi connectivity index (χ4v) is 1.32. The van der Waals surface area contributed by atoms with Gasteiger partial charge in [0.25, 0.3) is 0 Å². The Morgan fingerprint density at radius 1 is 1.73 bits per heavy atom. The van der Waals surface area contributed by atoms with Crippen molar-refractivity contribution < 1.29 is 9.53 Å². The van der Waals surface area contributed by atoms with Gasteiger partial charge < -0.3 is 10.5 Å². The summed E-state index contributed by atoms with van der Waals surface area (Å²) in [6.07, 6.45) is 3.54. The number of hydrogen-bond donors (Lipinski definition) is 1. The van der Waals surface area contributed by atoms with Gasteiger partial charge >= 0.3 is 5.97 Å². The summed E-state index contributed by atoms with van der Waals surface area (Å²) in [6.45, 7) is 2.60. The van der Waals surface area contributed by atoms with Crippen LogP contribution < -0.4 is 5.73 Å². The highest BCUT2D eigenvalue weighted by Crippen LogP contribution is 2.15. The van der Waals surface area contributed by atoms with Crippen molar-refractivity contribution >= 4 is 27.7 Å². The van der Waals surface area contributed by atoms with Crippen LogP contribution in [-0.2, 0) is 16.1 Å². The third-order valence-corrected chi connectivity index (χ3v) is 2.41. The molecule has 0 bridgehead atoms. The molecular weight excluding hydrogens is 262 g/mol. The molecule has 0 aromatic carbocycles. The topological polar surface area (TPSA) is 70.1 Å². The van der Waals surface area contributed by atoms with Crippen LogP contribution in [0, 0.1) is 0 Å². The van der Waals surface area contributed by atoms with E-state index in [0.717, 1.165) is 12.8 Å². The molecule has 6 heteroatoms. The Labute approximate surface area is 96.7 Å². The van der Waals surface area contributed by atoms with Crippen molar-refractivity contribution in [3.05, 3.63) is 10.7 Å². The van der Waals surface area contributed by atoms with Crippen LogP contribution in [0.3, 0.4) is 0 Å². The van der Waals surface area contributed by atoms with Gasteiger partial charge in [0.2, 0.25) is 0 Å². The smallest absolute Gasteiger partial charge is 0.327 e. The van der Waals surface area contributed by atoms with Crippen LogP contribution in [0.15, 0.2) is 10.7 Å². The molecule has 1 rings (SSSR count). The van der Waals surface area contributed by atoms with E-state index in [1.165, 1.54) is 4.68 Å². The molecule has 0 fully saturated rings. The molecule has 0 saturated heterocycles. The Balaban J connectivity index is 2.37. The third kappa shape index (κ3) is 3.91. The predicted molar refractivity (Wildman–Crippen MR) is 60.2 cm³/mol. The van der Waals surface area contributed by atoms with Gasteiger partial charge in [-0.05, 0) is 22.4 Å². The van der Waals surface area contributed by atoms with E-state index >= 15 is 0 Å². The average molecular weight is 276 g/mol. The van der Waals surface area contributed by atoms with Crippen LogP contribution in [-0.4, -0.2) is 22.4 Å². The molecular formula is C9H14BrN3O2. The zero-order valence-electron chi connectivity index (χ0n) is 8.57. The number of nitrogen functional groups attached to an aromatic ring is 1. The second kappa shape index (κ2) is 5.75. The van der Waals surface area contributed by atoms with Gasteiger partial charge in [0.1, 0.15) is 6.54 Å². The maximum Gasteiger partial charge on any atom is 0.327 e. The number of nitrogens with two attached hydrogens (primary N) is 1. The second-order valence-corrected chi connectivity index (χ2v) is 3.99. The number of carbonyl (C=O) groups is 1. The van der Waals surface area contributed by atoms with Crippen molar-refractivity contribution in [2.24, 2.45) is 0 Å². The van der Waals surface area contributed by atoms with Gasteiger partial charge in [0.15, 0.2) is 5.82 Å². The molecule has 0 unspecified atom stereocenters. The Hall–Kier alpha value is -1.04. The van der Waals surface area contributed by atoms with E-state index in [9.17, 15) is 4.79 Å². The molecule has 1 heterocycles. The zero-order valence-corrected chi connectivity index (χ0v) is 10.2. The summed E-state index contributed by atoms with van der Waals surface area (Å²) in [5.74, 6) is 0.0785. The summed E-state index contributed by atoms with van der Waals surface area (Å²) in [7, 11) is 0. The van der Waals surface area contributed by atoms with Gasteiger partial charge in [-0.25, -0.2) is 0 Å². The van der Waals surface area contributed by atoms with Crippen LogP contribution >= 0.6 is 15.9 Å². The minimum Gasteiger partial charge on any atom is -0.464 e. The minimum atomic E-state index is -0.293. The lowest BCUT2D eigenvalue weighted by atomic mass is 10.4. The number of rotatable bonds is 5. The lowest BCUT2D eigenvalue weighted by Gasteiger charge is -2.03. The second-order valence-electron chi connectivity index (χ2n) is 3.13. The Kier molecular flexibility index (Phi) is 4.61. The first-order valence-corrected chi connectivity index (χ1v) is 5.56. The summed E-state index contributed by atoms with van der Waals surface area (Å²) in [5.41, 5.74) is 5.51. The number of aromatic nitrogens is 2. The molecule has 0 radical (unpaired) electrons. The normalized spacial score (nSPS) is 10.3. The van der Waals surface area contributed by atoms with Crippen molar-refractivity contribution in [2.45, 2.75) is 26.3 Å². The minimum absolute atomic E-state index is 0.0967. The average Bonchev–Trinajstić information content (AvgIpc) is 2.46. The number of halogens is 1. The standard InChI is InChI=1S/C9H14BrN3O2/c1-2-3-4-15-8(14)6-13-5-7(10)9(11)12-13/h5H,2-4,6H2,1H3,(H2,11,12). The van der Waals surface area contributed by atoms with Crippen molar-refractivity contribution in [1.29, 1.82) is 0 Å². The van der Waals surface area contributed by atoms with Crippen molar-refractivity contribution in [2.75, 3.05) is 12.3 Å². The molecule has 1 aromatic rings. The van der Waals surface area contributed by atoms with Crippen LogP contribution in [0.1, 0.15) is 19.8 Å². The van der Waals surface area contributed by atoms with E-state index in [1.54, 1.807) is 6.20 Å². The molecule has 0 spiro atoms. The number of unbranched alkanes of at least 4 members (excludes halogenated alkanes) is 1. The molecule has 0 atom stereocenters. The van der Waals surface area contributed by atoms with Crippen molar-refractivity contribution in [3.63, 3.8) is 0 Å². The first-order chi connectivity index (χ1) is 7.13. The van der Waals surface area contributed by atoms with Crippen LogP contribution in [0.25, 0.3) is 0 Å². The number of hydrogen-bond acceptors (Lipinski definition) is 4. The molecule has 2 N–H and O–H groups in total. The monoisotopic (exact) mass is 275 g/mol. The SMILES string of the molecule is CCCCOC(=O)Cn1cc(Br)c(N)n1. The summed E-state index contributed by atoms with van der Waals surface area (Å²) in [6, 6.07) is 0. The van der Waals surface area contributed by atoms with Crippen LogP contribution in [0.2, 0.25) is 0 Å². The lowest BCUT2D eigenvalue weighted by Crippen LogP contribution is -2.14. The molecule has 0 aliphatic carbocycles. The molecule has 1 aromatic heterocycles. The van der Waals surface area contributed by atoms with E-state index in [0.29, 0.717) is 16.9 Å². The highest BCUT2D eigenvalue weighted by atomic mass is 79.9. The van der Waals surface area contributed by atoms with E-state index in [1.807, 2.05) is 6.92 Å². The molecule has 15 heavy (non-hydrogen) atoms. The largest absolute Gasteiger partial charge is 0.464 e. The lowest BCUT2D eigenvalue weighted by molar-refractivity contribution is -0.144. The van der Waals surface area contributed by atoms with Gasteiger partial charge in [-0.2, -0.15) is 5.10 Å². The molecule has 5 nitrogen and oxygen atoms in total. The molecule has 84 valence electrons. The van der Waals surface area contributed by atoms with Crippen molar-refractivity contribution in [3.8, 4) is 0 Å². The quantitative estimate of drug-likeness (QED) is 0.654. The summed E-state index contributed by atoms with van der Waals surface area (Å²) in [4.78, 5) is 11.3. The number of nitrogens with zero attached hydrogens (tertiary/aromatic N) is 2. The van der Waals surface area contributed by atoms with Crippen molar-refractivity contribution in [1.82, 2.24) is 9.78 Å². The first-order valence-electron chi connectivity index (χ1n) is 4.77. The van der Waals surface area contributed by atoms with E-state index < -0.39 is 0 Å². The van der Waals surface area contributed by atoms with E-state index in [2.05, 4.69) is 21.0 Å². The zero-order chi connectivity index (χ0) is 11.3. The number of esters is 1. The van der Waals surface area contributed by atoms with Gasteiger partial charge in [-0.15, -0.1) is 0 Å². The molecule has 0 amide bonds. The van der Waals surface area contributed by atoms with Crippen LogP contribution in [0.5, 0.6) is 0 Å². The number of ether oxygens (including phenoxy) is 1. The Bertz CT molecular complexity index is 319. The van der Waals surface area contributed by atoms with Gasteiger partial charge in [-0.1, -0.05) is 13.3 Å². The summed E-state index contributed by atoms with van der Waals surface area (Å²) in [5, 5.41) is 3.93. The van der Waals surface area contributed by atoms with E-state index in [-0.39, 0.29) is 12.5 Å². The first kappa shape index (κ1) is 12.0. The summed E-state index contributed by atoms with van der Waals surface area (Å²) < 4.78 is 7.12. The molecule has 0 saturated carbocycles. The van der Waals surface area contributed by atoms with Gasteiger partial charge in [0, 0.05) is 6.20 Å². The Morgan fingerprint density at radius 3 is 3.00 bits per heavy atom. The molecule has 0 aliphatic heterocycles. The number of carbonyl (C=O) groups excluding carboxylic acids is 1. The fraction of sp³-hybridized carbons (Fsp3) is 0.556.